The van der Waals surface area contributed by atoms with Crippen molar-refractivity contribution in [3.63, 3.8) is 0 Å². The second-order valence-corrected chi connectivity index (χ2v) is 7.01. The number of carbonyl (C=O) groups excluding carboxylic acids is 1. The average Bonchev–Trinajstić information content (AvgIpc) is 2.70. The molecule has 2 heterocycles. The van der Waals surface area contributed by atoms with E-state index in [1.54, 1.807) is 4.90 Å². The molecule has 1 aromatic heterocycles. The predicted molar refractivity (Wildman–Crippen MR) is 73.9 cm³/mol. The van der Waals surface area contributed by atoms with Crippen LogP contribution < -0.4 is 0 Å². The first-order valence-electron chi connectivity index (χ1n) is 6.35. The minimum absolute atomic E-state index is 0.210. The average molecular weight is 267 g/mol. The van der Waals surface area contributed by atoms with Crippen LogP contribution in [-0.2, 0) is 17.8 Å². The molecule has 1 aliphatic rings. The molecule has 2 rings (SSSR count). The minimum Gasteiger partial charge on any atom is -0.444 e. The summed E-state index contributed by atoms with van der Waals surface area (Å²) in [5.41, 5.74) is 2.20. The van der Waals surface area contributed by atoms with Crippen molar-refractivity contribution in [1.29, 1.82) is 0 Å². The van der Waals surface area contributed by atoms with E-state index in [1.807, 2.05) is 32.1 Å². The van der Waals surface area contributed by atoms with Crippen LogP contribution in [0.4, 0.5) is 4.79 Å². The lowest BCUT2D eigenvalue weighted by molar-refractivity contribution is 0.0241. The molecule has 0 N–H and O–H groups in total. The monoisotopic (exact) mass is 267 g/mol. The molecule has 0 aromatic carbocycles. The molecule has 1 aromatic rings. The van der Waals surface area contributed by atoms with Gasteiger partial charge in [-0.05, 0) is 43.2 Å². The SMILES string of the molecule is CC(C)c1scc2c1CN(C(=O)OC(C)(C)C)C2. The van der Waals surface area contributed by atoms with Gasteiger partial charge in [0.05, 0.1) is 13.1 Å². The van der Waals surface area contributed by atoms with Gasteiger partial charge in [0.25, 0.3) is 0 Å². The summed E-state index contributed by atoms with van der Waals surface area (Å²) in [7, 11) is 0. The highest BCUT2D eigenvalue weighted by Crippen LogP contribution is 2.35. The quantitative estimate of drug-likeness (QED) is 0.766. The number of hydrogen-bond donors (Lipinski definition) is 0. The summed E-state index contributed by atoms with van der Waals surface area (Å²) in [6.07, 6.45) is -0.210. The lowest BCUT2D eigenvalue weighted by Gasteiger charge is -2.24. The number of nitrogens with zero attached hydrogens (tertiary/aromatic N) is 1. The van der Waals surface area contributed by atoms with Crippen molar-refractivity contribution in [3.05, 3.63) is 21.4 Å². The third-order valence-electron chi connectivity index (χ3n) is 2.90. The van der Waals surface area contributed by atoms with E-state index in [9.17, 15) is 4.79 Å². The van der Waals surface area contributed by atoms with Crippen molar-refractivity contribution in [3.8, 4) is 0 Å². The Morgan fingerprint density at radius 1 is 1.39 bits per heavy atom. The Hall–Kier alpha value is -1.03. The Morgan fingerprint density at radius 2 is 2.06 bits per heavy atom. The van der Waals surface area contributed by atoms with Gasteiger partial charge in [-0.25, -0.2) is 4.79 Å². The van der Waals surface area contributed by atoms with Crippen molar-refractivity contribution in [1.82, 2.24) is 4.90 Å². The molecule has 0 bridgehead atoms. The highest BCUT2D eigenvalue weighted by atomic mass is 32.1. The molecule has 1 aliphatic heterocycles. The zero-order valence-electron chi connectivity index (χ0n) is 11.7. The highest BCUT2D eigenvalue weighted by molar-refractivity contribution is 7.10. The number of rotatable bonds is 1. The van der Waals surface area contributed by atoms with E-state index in [0.717, 1.165) is 0 Å². The van der Waals surface area contributed by atoms with Gasteiger partial charge in [-0.2, -0.15) is 0 Å². The van der Waals surface area contributed by atoms with Crippen molar-refractivity contribution < 1.29 is 9.53 Å². The van der Waals surface area contributed by atoms with Gasteiger partial charge in [-0.15, -0.1) is 11.3 Å². The van der Waals surface area contributed by atoms with Gasteiger partial charge in [-0.3, -0.25) is 4.90 Å². The first kappa shape index (κ1) is 13.4. The Morgan fingerprint density at radius 3 is 2.61 bits per heavy atom. The first-order chi connectivity index (χ1) is 8.28. The zero-order valence-corrected chi connectivity index (χ0v) is 12.6. The van der Waals surface area contributed by atoms with E-state index in [2.05, 4.69) is 19.2 Å². The van der Waals surface area contributed by atoms with Crippen LogP contribution in [-0.4, -0.2) is 16.6 Å². The molecule has 1 amide bonds. The Bertz CT molecular complexity index is 457. The molecule has 0 saturated carbocycles. The van der Waals surface area contributed by atoms with E-state index in [0.29, 0.717) is 19.0 Å². The van der Waals surface area contributed by atoms with E-state index in [4.69, 9.17) is 4.74 Å². The van der Waals surface area contributed by atoms with Crippen molar-refractivity contribution in [2.75, 3.05) is 0 Å². The van der Waals surface area contributed by atoms with Crippen LogP contribution in [0.25, 0.3) is 0 Å². The van der Waals surface area contributed by atoms with Gasteiger partial charge in [0.1, 0.15) is 5.60 Å². The van der Waals surface area contributed by atoms with Gasteiger partial charge in [0.15, 0.2) is 0 Å². The van der Waals surface area contributed by atoms with Crippen molar-refractivity contribution >= 4 is 17.4 Å². The first-order valence-corrected chi connectivity index (χ1v) is 7.23. The number of thiophene rings is 1. The maximum Gasteiger partial charge on any atom is 0.410 e. The largest absolute Gasteiger partial charge is 0.444 e. The standard InChI is InChI=1S/C14H21NO2S/c1-9(2)12-11-7-15(6-10(11)8-18-12)13(16)17-14(3,4)5/h8-9H,6-7H2,1-5H3. The van der Waals surface area contributed by atoms with Crippen LogP contribution in [0.5, 0.6) is 0 Å². The molecule has 0 aliphatic carbocycles. The van der Waals surface area contributed by atoms with Gasteiger partial charge in [0.2, 0.25) is 0 Å². The maximum atomic E-state index is 12.0. The molecule has 0 unspecified atom stereocenters. The Kier molecular flexibility index (Phi) is 3.41. The Balaban J connectivity index is 2.08. The number of amides is 1. The summed E-state index contributed by atoms with van der Waals surface area (Å²) < 4.78 is 5.41. The van der Waals surface area contributed by atoms with Gasteiger partial charge >= 0.3 is 6.09 Å². The number of carbonyl (C=O) groups is 1. The van der Waals surface area contributed by atoms with Crippen LogP contribution in [0, 0.1) is 0 Å². The van der Waals surface area contributed by atoms with Gasteiger partial charge < -0.3 is 4.74 Å². The molecule has 0 fully saturated rings. The molecule has 0 spiro atoms. The molecular formula is C14H21NO2S. The van der Waals surface area contributed by atoms with Gasteiger partial charge in [0, 0.05) is 4.88 Å². The van der Waals surface area contributed by atoms with Crippen LogP contribution >= 0.6 is 11.3 Å². The maximum absolute atomic E-state index is 12.0. The molecule has 18 heavy (non-hydrogen) atoms. The fourth-order valence-electron chi connectivity index (χ4n) is 2.14. The molecule has 0 radical (unpaired) electrons. The number of hydrogen-bond acceptors (Lipinski definition) is 3. The van der Waals surface area contributed by atoms with E-state index in [1.165, 1.54) is 16.0 Å². The summed E-state index contributed by atoms with van der Waals surface area (Å²) in [4.78, 5) is 15.2. The molecule has 100 valence electrons. The molecule has 0 atom stereocenters. The summed E-state index contributed by atoms with van der Waals surface area (Å²) in [6.45, 7) is 11.5. The van der Waals surface area contributed by atoms with Crippen molar-refractivity contribution in [2.45, 2.75) is 59.2 Å². The molecule has 3 nitrogen and oxygen atoms in total. The number of fused-ring (bicyclic) bond motifs is 1. The third kappa shape index (κ3) is 2.69. The molecule has 0 saturated heterocycles. The van der Waals surface area contributed by atoms with Crippen LogP contribution in [0.3, 0.4) is 0 Å². The molecule has 4 heteroatoms. The lowest BCUT2D eigenvalue weighted by Crippen LogP contribution is -2.33. The zero-order chi connectivity index (χ0) is 13.5. The van der Waals surface area contributed by atoms with E-state index < -0.39 is 5.60 Å². The smallest absolute Gasteiger partial charge is 0.410 e. The number of ether oxygens (including phenoxy) is 1. The second kappa shape index (κ2) is 4.57. The Labute approximate surface area is 113 Å². The topological polar surface area (TPSA) is 29.5 Å². The summed E-state index contributed by atoms with van der Waals surface area (Å²) in [6, 6.07) is 0. The fourth-order valence-corrected chi connectivity index (χ4v) is 3.24. The summed E-state index contributed by atoms with van der Waals surface area (Å²) in [5, 5.41) is 2.18. The summed E-state index contributed by atoms with van der Waals surface area (Å²) >= 11 is 1.81. The van der Waals surface area contributed by atoms with Crippen molar-refractivity contribution in [2.24, 2.45) is 0 Å². The minimum atomic E-state index is -0.423. The van der Waals surface area contributed by atoms with Gasteiger partial charge in [-0.1, -0.05) is 13.8 Å². The lowest BCUT2D eigenvalue weighted by atomic mass is 10.1. The van der Waals surface area contributed by atoms with Crippen LogP contribution in [0.2, 0.25) is 0 Å². The third-order valence-corrected chi connectivity index (χ3v) is 4.27. The summed E-state index contributed by atoms with van der Waals surface area (Å²) in [5.74, 6) is 0.525. The highest BCUT2D eigenvalue weighted by Gasteiger charge is 2.30. The predicted octanol–water partition coefficient (Wildman–Crippen LogP) is 4.12. The van der Waals surface area contributed by atoms with Crippen LogP contribution in [0.15, 0.2) is 5.38 Å². The second-order valence-electron chi connectivity index (χ2n) is 6.09. The molecular weight excluding hydrogens is 246 g/mol. The van der Waals surface area contributed by atoms with E-state index in [-0.39, 0.29) is 6.09 Å². The normalized spacial score (nSPS) is 15.1. The van der Waals surface area contributed by atoms with E-state index >= 15 is 0 Å². The fraction of sp³-hybridized carbons (Fsp3) is 0.643. The van der Waals surface area contributed by atoms with Crippen LogP contribution in [0.1, 0.15) is 56.5 Å².